The van der Waals surface area contributed by atoms with Crippen LogP contribution in [-0.2, 0) is 10.0 Å². The summed E-state index contributed by atoms with van der Waals surface area (Å²) in [6, 6.07) is 6.42. The summed E-state index contributed by atoms with van der Waals surface area (Å²) < 4.78 is 27.1. The van der Waals surface area contributed by atoms with E-state index in [0.29, 0.717) is 6.54 Å². The Morgan fingerprint density at radius 3 is 2.45 bits per heavy atom. The van der Waals surface area contributed by atoms with Gasteiger partial charge in [-0.3, -0.25) is 0 Å². The van der Waals surface area contributed by atoms with Crippen molar-refractivity contribution in [1.82, 2.24) is 4.31 Å². The molecule has 1 unspecified atom stereocenters. The average Bonchev–Trinajstić information content (AvgIpc) is 2.43. The maximum absolute atomic E-state index is 12.5. The molecule has 0 radical (unpaired) electrons. The molecule has 0 aromatic heterocycles. The molecular formula is C12H18BrN3O3S. The number of sulfonamides is 1. The van der Waals surface area contributed by atoms with Crippen LogP contribution in [0.1, 0.15) is 13.8 Å². The summed E-state index contributed by atoms with van der Waals surface area (Å²) in [6.45, 7) is 3.91. The van der Waals surface area contributed by atoms with Gasteiger partial charge in [0.25, 0.3) is 0 Å². The molecule has 112 valence electrons. The predicted octanol–water partition coefficient (Wildman–Crippen LogP) is 1.84. The van der Waals surface area contributed by atoms with Crippen molar-refractivity contribution in [2.75, 3.05) is 13.1 Å². The molecular weight excluding hydrogens is 346 g/mol. The Bertz CT molecular complexity index is 572. The second-order valence-corrected chi connectivity index (χ2v) is 7.19. The molecule has 0 spiro atoms. The highest BCUT2D eigenvalue weighted by Crippen LogP contribution is 2.19. The van der Waals surface area contributed by atoms with Gasteiger partial charge in [-0.2, -0.15) is 4.31 Å². The van der Waals surface area contributed by atoms with Crippen molar-refractivity contribution in [3.05, 3.63) is 28.7 Å². The van der Waals surface area contributed by atoms with Crippen molar-refractivity contribution < 1.29 is 13.6 Å². The maximum Gasteiger partial charge on any atom is 0.243 e. The lowest BCUT2D eigenvalue weighted by Gasteiger charge is -2.23. The second-order valence-electron chi connectivity index (χ2n) is 4.34. The van der Waals surface area contributed by atoms with E-state index in [9.17, 15) is 8.42 Å². The molecule has 0 saturated carbocycles. The fourth-order valence-electron chi connectivity index (χ4n) is 1.65. The fourth-order valence-corrected chi connectivity index (χ4v) is 3.45. The third-order valence-electron chi connectivity index (χ3n) is 2.90. The number of hydrogen-bond acceptors (Lipinski definition) is 4. The Balaban J connectivity index is 3.01. The summed E-state index contributed by atoms with van der Waals surface area (Å²) in [7, 11) is -3.58. The Kier molecular flexibility index (Phi) is 5.97. The predicted molar refractivity (Wildman–Crippen MR) is 81.1 cm³/mol. The van der Waals surface area contributed by atoms with Gasteiger partial charge in [-0.1, -0.05) is 34.9 Å². The van der Waals surface area contributed by atoms with Gasteiger partial charge in [0.2, 0.25) is 10.0 Å². The zero-order valence-corrected chi connectivity index (χ0v) is 13.7. The minimum atomic E-state index is -3.58. The SMILES string of the molecule is CCN(CC(C)C(N)=NO)S(=O)(=O)c1ccc(Br)cc1. The van der Waals surface area contributed by atoms with Gasteiger partial charge in [0, 0.05) is 23.5 Å². The van der Waals surface area contributed by atoms with Crippen molar-refractivity contribution in [2.45, 2.75) is 18.7 Å². The third kappa shape index (κ3) is 3.94. The van der Waals surface area contributed by atoms with E-state index in [0.717, 1.165) is 4.47 Å². The normalized spacial score (nSPS) is 14.5. The van der Waals surface area contributed by atoms with Crippen molar-refractivity contribution >= 4 is 31.8 Å². The van der Waals surface area contributed by atoms with Gasteiger partial charge >= 0.3 is 0 Å². The zero-order chi connectivity index (χ0) is 15.3. The van der Waals surface area contributed by atoms with Gasteiger partial charge < -0.3 is 10.9 Å². The summed E-state index contributed by atoms with van der Waals surface area (Å²) in [5.74, 6) is -0.361. The number of oxime groups is 1. The highest BCUT2D eigenvalue weighted by atomic mass is 79.9. The van der Waals surface area contributed by atoms with E-state index < -0.39 is 10.0 Å². The van der Waals surface area contributed by atoms with E-state index in [1.54, 1.807) is 26.0 Å². The lowest BCUT2D eigenvalue weighted by atomic mass is 10.1. The minimum absolute atomic E-state index is 0.00876. The van der Waals surface area contributed by atoms with Gasteiger partial charge in [-0.25, -0.2) is 8.42 Å². The minimum Gasteiger partial charge on any atom is -0.409 e. The summed E-state index contributed by atoms with van der Waals surface area (Å²) in [4.78, 5) is 0.217. The summed E-state index contributed by atoms with van der Waals surface area (Å²) >= 11 is 3.27. The third-order valence-corrected chi connectivity index (χ3v) is 5.39. The van der Waals surface area contributed by atoms with E-state index in [-0.39, 0.29) is 23.2 Å². The molecule has 0 heterocycles. The van der Waals surface area contributed by atoms with Crippen LogP contribution in [0.15, 0.2) is 38.8 Å². The largest absolute Gasteiger partial charge is 0.409 e. The van der Waals surface area contributed by atoms with Crippen LogP contribution >= 0.6 is 15.9 Å². The van der Waals surface area contributed by atoms with E-state index in [4.69, 9.17) is 10.9 Å². The molecule has 1 aromatic carbocycles. The van der Waals surface area contributed by atoms with Gasteiger partial charge in [0.05, 0.1) is 4.90 Å². The quantitative estimate of drug-likeness (QED) is 0.348. The van der Waals surface area contributed by atoms with Gasteiger partial charge in [0.1, 0.15) is 5.84 Å². The van der Waals surface area contributed by atoms with E-state index in [1.807, 2.05) is 0 Å². The molecule has 0 amide bonds. The molecule has 8 heteroatoms. The Labute approximate surface area is 127 Å². The number of amidine groups is 1. The number of halogens is 1. The molecule has 0 aliphatic heterocycles. The number of nitrogens with two attached hydrogens (primary N) is 1. The Morgan fingerprint density at radius 1 is 1.45 bits per heavy atom. The molecule has 1 rings (SSSR count). The van der Waals surface area contributed by atoms with Crippen LogP contribution in [0.3, 0.4) is 0 Å². The molecule has 0 aliphatic carbocycles. The lowest BCUT2D eigenvalue weighted by Crippen LogP contribution is -2.38. The van der Waals surface area contributed by atoms with Gasteiger partial charge in [-0.15, -0.1) is 0 Å². The topological polar surface area (TPSA) is 96.0 Å². The molecule has 1 atom stereocenters. The smallest absolute Gasteiger partial charge is 0.243 e. The standard InChI is InChI=1S/C12H18BrN3O3S/c1-3-16(8-9(2)12(14)15-17)20(18,19)11-6-4-10(13)5-7-11/h4-7,9,17H,3,8H2,1-2H3,(H2,14,15). The van der Waals surface area contributed by atoms with Crippen LogP contribution in [0.4, 0.5) is 0 Å². The second kappa shape index (κ2) is 7.05. The molecule has 3 N–H and O–H groups in total. The molecule has 0 saturated heterocycles. The van der Waals surface area contributed by atoms with Crippen molar-refractivity contribution in [3.63, 3.8) is 0 Å². The van der Waals surface area contributed by atoms with Crippen molar-refractivity contribution in [2.24, 2.45) is 16.8 Å². The first-order chi connectivity index (χ1) is 9.32. The van der Waals surface area contributed by atoms with Crippen LogP contribution < -0.4 is 5.73 Å². The monoisotopic (exact) mass is 363 g/mol. The number of hydrogen-bond donors (Lipinski definition) is 2. The molecule has 6 nitrogen and oxygen atoms in total. The number of nitrogens with zero attached hydrogens (tertiary/aromatic N) is 2. The van der Waals surface area contributed by atoms with Crippen LogP contribution in [0.5, 0.6) is 0 Å². The van der Waals surface area contributed by atoms with Crippen LogP contribution in [0.25, 0.3) is 0 Å². The summed E-state index contributed by atoms with van der Waals surface area (Å²) in [6.07, 6.45) is 0. The maximum atomic E-state index is 12.5. The van der Waals surface area contributed by atoms with Crippen molar-refractivity contribution in [3.8, 4) is 0 Å². The molecule has 0 bridgehead atoms. The zero-order valence-electron chi connectivity index (χ0n) is 11.3. The van der Waals surface area contributed by atoms with E-state index in [2.05, 4.69) is 21.1 Å². The van der Waals surface area contributed by atoms with Crippen LogP contribution in [-0.4, -0.2) is 36.9 Å². The average molecular weight is 364 g/mol. The van der Waals surface area contributed by atoms with Crippen molar-refractivity contribution in [1.29, 1.82) is 0 Å². The molecule has 0 fully saturated rings. The molecule has 20 heavy (non-hydrogen) atoms. The lowest BCUT2D eigenvalue weighted by molar-refractivity contribution is 0.311. The van der Waals surface area contributed by atoms with Gasteiger partial charge in [0.15, 0.2) is 0 Å². The summed E-state index contributed by atoms with van der Waals surface area (Å²) in [5.41, 5.74) is 5.49. The number of benzene rings is 1. The highest BCUT2D eigenvalue weighted by molar-refractivity contribution is 9.10. The Morgan fingerprint density at radius 2 is 2.00 bits per heavy atom. The first-order valence-electron chi connectivity index (χ1n) is 6.06. The van der Waals surface area contributed by atoms with Gasteiger partial charge in [-0.05, 0) is 24.3 Å². The highest BCUT2D eigenvalue weighted by Gasteiger charge is 2.25. The first-order valence-corrected chi connectivity index (χ1v) is 8.29. The van der Waals surface area contributed by atoms with E-state index in [1.165, 1.54) is 16.4 Å². The summed E-state index contributed by atoms with van der Waals surface area (Å²) in [5, 5.41) is 11.5. The Hall–Kier alpha value is -1.12. The first kappa shape index (κ1) is 16.9. The van der Waals surface area contributed by atoms with E-state index >= 15 is 0 Å². The van der Waals surface area contributed by atoms with Crippen LogP contribution in [0, 0.1) is 5.92 Å². The fraction of sp³-hybridized carbons (Fsp3) is 0.417. The van der Waals surface area contributed by atoms with Crippen LogP contribution in [0.2, 0.25) is 0 Å². The number of rotatable bonds is 6. The molecule has 0 aliphatic rings. The molecule has 1 aromatic rings.